The van der Waals surface area contributed by atoms with Gasteiger partial charge in [0.15, 0.2) is 10.8 Å². The minimum Gasteiger partial charge on any atom is -0.406 e. The average Bonchev–Trinajstić information content (AvgIpc) is 3.23. The zero-order chi connectivity index (χ0) is 19.2. The minimum atomic E-state index is -4.71. The van der Waals surface area contributed by atoms with E-state index < -0.39 is 6.36 Å². The molecule has 0 bridgehead atoms. The van der Waals surface area contributed by atoms with Crippen molar-refractivity contribution in [3.8, 4) is 16.3 Å². The molecule has 0 aliphatic heterocycles. The van der Waals surface area contributed by atoms with E-state index in [9.17, 15) is 13.2 Å². The highest BCUT2D eigenvalue weighted by Gasteiger charge is 2.31. The number of rotatable bonds is 4. The predicted molar refractivity (Wildman–Crippen MR) is 91.5 cm³/mol. The smallest absolute Gasteiger partial charge is 0.406 e. The zero-order valence-electron chi connectivity index (χ0n) is 14.2. The van der Waals surface area contributed by atoms with Crippen LogP contribution in [0.25, 0.3) is 15.5 Å². The summed E-state index contributed by atoms with van der Waals surface area (Å²) in [6.45, 7) is 1.91. The molecule has 7 nitrogen and oxygen atoms in total. The van der Waals surface area contributed by atoms with Gasteiger partial charge in [-0.3, -0.25) is 4.68 Å². The Morgan fingerprint density at radius 3 is 2.48 bits per heavy atom. The molecule has 3 aromatic heterocycles. The van der Waals surface area contributed by atoms with Crippen LogP contribution in [0.1, 0.15) is 17.1 Å². The summed E-state index contributed by atoms with van der Waals surface area (Å²) in [6, 6.07) is 5.65. The van der Waals surface area contributed by atoms with E-state index in [-0.39, 0.29) is 5.75 Å². The maximum absolute atomic E-state index is 12.2. The van der Waals surface area contributed by atoms with Crippen molar-refractivity contribution in [1.82, 2.24) is 29.6 Å². The second-order valence-electron chi connectivity index (χ2n) is 5.89. The third kappa shape index (κ3) is 3.63. The molecule has 140 valence electrons. The second-order valence-corrected chi connectivity index (χ2v) is 6.84. The highest BCUT2D eigenvalue weighted by Crippen LogP contribution is 2.28. The largest absolute Gasteiger partial charge is 0.573 e. The average molecular weight is 394 g/mol. The van der Waals surface area contributed by atoms with Crippen LogP contribution in [0.5, 0.6) is 5.75 Å². The molecule has 0 saturated carbocycles. The van der Waals surface area contributed by atoms with Crippen LogP contribution in [0, 0.1) is 6.92 Å². The Bertz CT molecular complexity index is 1100. The van der Waals surface area contributed by atoms with E-state index in [4.69, 9.17) is 0 Å². The molecule has 0 spiro atoms. The molecule has 0 atom stereocenters. The van der Waals surface area contributed by atoms with Gasteiger partial charge in [-0.2, -0.15) is 14.7 Å². The second kappa shape index (κ2) is 6.34. The van der Waals surface area contributed by atoms with Crippen molar-refractivity contribution in [2.24, 2.45) is 7.05 Å². The van der Waals surface area contributed by atoms with Crippen LogP contribution in [0.3, 0.4) is 0 Å². The number of ether oxygens (including phenoxy) is 1. The molecule has 0 aliphatic rings. The van der Waals surface area contributed by atoms with E-state index >= 15 is 0 Å². The molecule has 0 saturated heterocycles. The Balaban J connectivity index is 1.58. The van der Waals surface area contributed by atoms with Gasteiger partial charge in [-0.15, -0.1) is 23.4 Å². The van der Waals surface area contributed by atoms with E-state index in [2.05, 4.69) is 25.1 Å². The van der Waals surface area contributed by atoms with Crippen molar-refractivity contribution < 1.29 is 17.9 Å². The standard InChI is InChI=1S/C16H13F3N6OS/c1-9-12(8-24(2)22-9)14-23-25-13(20-21-15(25)27-14)7-10-3-5-11(6-4-10)26-16(17,18)19/h3-6,8H,7H2,1-2H3. The molecular formula is C16H13F3N6OS. The fraction of sp³-hybridized carbons (Fsp3) is 0.250. The van der Waals surface area contributed by atoms with Gasteiger partial charge in [0.25, 0.3) is 0 Å². The van der Waals surface area contributed by atoms with Gasteiger partial charge in [0.05, 0.1) is 11.3 Å². The number of benzene rings is 1. The minimum absolute atomic E-state index is 0.263. The number of hydrogen-bond acceptors (Lipinski definition) is 6. The highest BCUT2D eigenvalue weighted by molar-refractivity contribution is 7.19. The van der Waals surface area contributed by atoms with Crippen molar-refractivity contribution in [3.05, 3.63) is 47.5 Å². The van der Waals surface area contributed by atoms with E-state index in [1.165, 1.54) is 23.5 Å². The monoisotopic (exact) mass is 394 g/mol. The summed E-state index contributed by atoms with van der Waals surface area (Å²) in [5, 5.41) is 17.9. The molecular weight excluding hydrogens is 381 g/mol. The molecule has 0 amide bonds. The quantitative estimate of drug-likeness (QED) is 0.531. The Labute approximate surface area is 155 Å². The topological polar surface area (TPSA) is 70.1 Å². The van der Waals surface area contributed by atoms with E-state index in [1.807, 2.05) is 20.2 Å². The summed E-state index contributed by atoms with van der Waals surface area (Å²) >= 11 is 1.40. The van der Waals surface area contributed by atoms with Gasteiger partial charge < -0.3 is 4.74 Å². The van der Waals surface area contributed by atoms with Crippen LogP contribution in [-0.2, 0) is 13.5 Å². The number of fused-ring (bicyclic) bond motifs is 1. The first-order valence-electron chi connectivity index (χ1n) is 7.85. The van der Waals surface area contributed by atoms with Gasteiger partial charge >= 0.3 is 6.36 Å². The van der Waals surface area contributed by atoms with Crippen LogP contribution in [0.2, 0.25) is 0 Å². The Kier molecular flexibility index (Phi) is 4.10. The molecule has 0 N–H and O–H groups in total. The van der Waals surface area contributed by atoms with Crippen LogP contribution in [0.4, 0.5) is 13.2 Å². The van der Waals surface area contributed by atoms with Crippen molar-refractivity contribution in [2.75, 3.05) is 0 Å². The molecule has 0 unspecified atom stereocenters. The number of aryl methyl sites for hydroxylation is 2. The van der Waals surface area contributed by atoms with Crippen LogP contribution < -0.4 is 4.74 Å². The number of aromatic nitrogens is 6. The lowest BCUT2D eigenvalue weighted by molar-refractivity contribution is -0.274. The SMILES string of the molecule is Cc1nn(C)cc1-c1nn2c(Cc3ccc(OC(F)(F)F)cc3)nnc2s1. The maximum atomic E-state index is 12.2. The predicted octanol–water partition coefficient (Wildman–Crippen LogP) is 3.38. The Morgan fingerprint density at radius 1 is 1.11 bits per heavy atom. The van der Waals surface area contributed by atoms with Crippen molar-refractivity contribution in [1.29, 1.82) is 0 Å². The maximum Gasteiger partial charge on any atom is 0.573 e. The van der Waals surface area contributed by atoms with Crippen molar-refractivity contribution in [3.63, 3.8) is 0 Å². The molecule has 11 heteroatoms. The van der Waals surface area contributed by atoms with Crippen LogP contribution in [0.15, 0.2) is 30.5 Å². The molecule has 4 rings (SSSR count). The first-order valence-corrected chi connectivity index (χ1v) is 8.66. The van der Waals surface area contributed by atoms with Gasteiger partial charge in [-0.1, -0.05) is 23.5 Å². The van der Waals surface area contributed by atoms with Crippen molar-refractivity contribution in [2.45, 2.75) is 19.7 Å². The summed E-state index contributed by atoms with van der Waals surface area (Å²) < 4.78 is 44.0. The number of hydrogen-bond donors (Lipinski definition) is 0. The lowest BCUT2D eigenvalue weighted by atomic mass is 10.1. The summed E-state index contributed by atoms with van der Waals surface area (Å²) in [5.74, 6) is 0.333. The van der Waals surface area contributed by atoms with Gasteiger partial charge in [-0.05, 0) is 24.6 Å². The van der Waals surface area contributed by atoms with Crippen LogP contribution >= 0.6 is 11.3 Å². The number of alkyl halides is 3. The number of nitrogens with zero attached hydrogens (tertiary/aromatic N) is 6. The third-order valence-corrected chi connectivity index (χ3v) is 4.75. The van der Waals surface area contributed by atoms with Crippen molar-refractivity contribution >= 4 is 16.3 Å². The molecule has 1 aromatic carbocycles. The first kappa shape index (κ1) is 17.5. The fourth-order valence-corrected chi connectivity index (χ4v) is 3.60. The Morgan fingerprint density at radius 2 is 1.85 bits per heavy atom. The van der Waals surface area contributed by atoms with E-state index in [1.54, 1.807) is 21.3 Å². The van der Waals surface area contributed by atoms with E-state index in [0.717, 1.165) is 21.8 Å². The van der Waals surface area contributed by atoms with Gasteiger partial charge in [0, 0.05) is 19.7 Å². The molecule has 4 aromatic rings. The summed E-state index contributed by atoms with van der Waals surface area (Å²) in [6.07, 6.45) is -2.44. The third-order valence-electron chi connectivity index (χ3n) is 3.82. The molecule has 0 radical (unpaired) electrons. The molecule has 0 fully saturated rings. The lowest BCUT2D eigenvalue weighted by Crippen LogP contribution is -2.17. The molecule has 3 heterocycles. The van der Waals surface area contributed by atoms with Crippen LogP contribution in [-0.4, -0.2) is 36.0 Å². The van der Waals surface area contributed by atoms with E-state index in [0.29, 0.717) is 17.2 Å². The number of halogens is 3. The molecule has 0 aliphatic carbocycles. The Hall–Kier alpha value is -2.95. The van der Waals surface area contributed by atoms with Gasteiger partial charge in [0.2, 0.25) is 4.96 Å². The zero-order valence-corrected chi connectivity index (χ0v) is 15.0. The summed E-state index contributed by atoms with van der Waals surface area (Å²) in [4.78, 5) is 0.639. The first-order chi connectivity index (χ1) is 12.8. The molecule has 27 heavy (non-hydrogen) atoms. The summed E-state index contributed by atoms with van der Waals surface area (Å²) in [7, 11) is 1.84. The van der Waals surface area contributed by atoms with Gasteiger partial charge in [0.1, 0.15) is 5.75 Å². The lowest BCUT2D eigenvalue weighted by Gasteiger charge is -2.08. The highest BCUT2D eigenvalue weighted by atomic mass is 32.1. The normalized spacial score (nSPS) is 12.0. The fourth-order valence-electron chi connectivity index (χ4n) is 2.68. The van der Waals surface area contributed by atoms with Gasteiger partial charge in [-0.25, -0.2) is 0 Å². The summed E-state index contributed by atoms with van der Waals surface area (Å²) in [5.41, 5.74) is 2.56.